The van der Waals surface area contributed by atoms with Crippen molar-refractivity contribution in [1.82, 2.24) is 9.97 Å². The highest BCUT2D eigenvalue weighted by atomic mass is 32.2. The number of hydrogen-bond acceptors (Lipinski definition) is 7. The molecule has 1 aromatic carbocycles. The second kappa shape index (κ2) is 9.23. The van der Waals surface area contributed by atoms with Crippen LogP contribution in [0.15, 0.2) is 70.4 Å². The number of pyridine rings is 1. The second-order valence-corrected chi connectivity index (χ2v) is 9.02. The first-order chi connectivity index (χ1) is 13.8. The number of aryl methyl sites for hydroxylation is 1. The average Bonchev–Trinajstić information content (AvgIpc) is 3.38. The predicted octanol–water partition coefficient (Wildman–Crippen LogP) is 6.52. The van der Waals surface area contributed by atoms with E-state index in [2.05, 4.69) is 51.0 Å². The van der Waals surface area contributed by atoms with Gasteiger partial charge in [0.25, 0.3) is 0 Å². The first-order valence-corrected chi connectivity index (χ1v) is 11.5. The Morgan fingerprint density at radius 3 is 2.75 bits per heavy atom. The highest BCUT2D eigenvalue weighted by molar-refractivity contribution is 7.98. The highest BCUT2D eigenvalue weighted by Gasteiger charge is 2.11. The van der Waals surface area contributed by atoms with Crippen LogP contribution >= 0.6 is 34.4 Å². The Balaban J connectivity index is 1.53. The van der Waals surface area contributed by atoms with E-state index >= 15 is 0 Å². The lowest BCUT2D eigenvalue weighted by atomic mass is 10.2. The van der Waals surface area contributed by atoms with Gasteiger partial charge in [0.1, 0.15) is 6.61 Å². The molecule has 3 aromatic heterocycles. The largest absolute Gasteiger partial charge is 0.485 e. The minimum absolute atomic E-state index is 0.493. The Labute approximate surface area is 176 Å². The molecule has 0 saturated heterocycles. The van der Waals surface area contributed by atoms with Gasteiger partial charge < -0.3 is 10.1 Å². The van der Waals surface area contributed by atoms with Crippen LogP contribution in [0.5, 0.6) is 5.75 Å². The fourth-order valence-corrected chi connectivity index (χ4v) is 4.85. The lowest BCUT2D eigenvalue weighted by Gasteiger charge is -2.13. The normalized spacial score (nSPS) is 10.8. The van der Waals surface area contributed by atoms with E-state index in [-0.39, 0.29) is 0 Å². The molecular weight excluding hydrogens is 406 g/mol. The molecule has 0 radical (unpaired) electrons. The van der Waals surface area contributed by atoms with Crippen LogP contribution in [0.2, 0.25) is 0 Å². The van der Waals surface area contributed by atoms with Gasteiger partial charge in [-0.05, 0) is 30.0 Å². The van der Waals surface area contributed by atoms with E-state index in [4.69, 9.17) is 4.74 Å². The Kier molecular flexibility index (Phi) is 6.26. The molecule has 4 nitrogen and oxygen atoms in total. The van der Waals surface area contributed by atoms with E-state index in [1.807, 2.05) is 36.7 Å². The third-order valence-corrected chi connectivity index (χ3v) is 6.82. The SMILES string of the molecule is Cc1csc(Nc2ncc(SCc3cccs3)cc2OCc2ccccc2)n1. The van der Waals surface area contributed by atoms with Crippen LogP contribution in [0, 0.1) is 6.92 Å². The summed E-state index contributed by atoms with van der Waals surface area (Å²) in [5.74, 6) is 2.34. The van der Waals surface area contributed by atoms with Crippen molar-refractivity contribution in [3.05, 3.63) is 81.6 Å². The van der Waals surface area contributed by atoms with Gasteiger partial charge in [-0.15, -0.1) is 34.4 Å². The van der Waals surface area contributed by atoms with Crippen LogP contribution < -0.4 is 10.1 Å². The first kappa shape index (κ1) is 19.0. The third kappa shape index (κ3) is 5.13. The quantitative estimate of drug-likeness (QED) is 0.326. The zero-order chi connectivity index (χ0) is 19.2. The summed E-state index contributed by atoms with van der Waals surface area (Å²) in [6.45, 7) is 2.47. The van der Waals surface area contributed by atoms with Gasteiger partial charge in [-0.25, -0.2) is 9.97 Å². The van der Waals surface area contributed by atoms with Crippen LogP contribution in [0.1, 0.15) is 16.1 Å². The third-order valence-electron chi connectivity index (χ3n) is 3.87. The van der Waals surface area contributed by atoms with Gasteiger partial charge in [-0.2, -0.15) is 0 Å². The van der Waals surface area contributed by atoms with Crippen molar-refractivity contribution in [1.29, 1.82) is 0 Å². The van der Waals surface area contributed by atoms with E-state index in [9.17, 15) is 0 Å². The molecule has 0 atom stereocenters. The van der Waals surface area contributed by atoms with Crippen molar-refractivity contribution < 1.29 is 4.74 Å². The summed E-state index contributed by atoms with van der Waals surface area (Å²) in [5, 5.41) is 8.22. The maximum Gasteiger partial charge on any atom is 0.188 e. The number of hydrogen-bond donors (Lipinski definition) is 1. The number of nitrogens with zero attached hydrogens (tertiary/aromatic N) is 2. The molecule has 1 N–H and O–H groups in total. The number of thiophene rings is 1. The Hall–Kier alpha value is -2.35. The molecule has 0 aliphatic heterocycles. The molecule has 0 spiro atoms. The van der Waals surface area contributed by atoms with Gasteiger partial charge in [-0.1, -0.05) is 36.4 Å². The second-order valence-electron chi connectivity index (χ2n) is 6.08. The molecule has 0 saturated carbocycles. The van der Waals surface area contributed by atoms with Gasteiger partial charge in [0.05, 0.1) is 5.69 Å². The fourth-order valence-electron chi connectivity index (χ4n) is 2.51. The zero-order valence-corrected chi connectivity index (χ0v) is 17.7. The van der Waals surface area contributed by atoms with Crippen LogP contribution in [-0.4, -0.2) is 9.97 Å². The zero-order valence-electron chi connectivity index (χ0n) is 15.3. The molecule has 4 rings (SSSR count). The molecule has 0 unspecified atom stereocenters. The average molecular weight is 426 g/mol. The number of rotatable bonds is 8. The molecule has 4 aromatic rings. The predicted molar refractivity (Wildman–Crippen MR) is 119 cm³/mol. The van der Waals surface area contributed by atoms with Gasteiger partial charge in [-0.3, -0.25) is 0 Å². The van der Waals surface area contributed by atoms with Crippen LogP contribution in [0.3, 0.4) is 0 Å². The number of anilines is 2. The molecule has 3 heterocycles. The van der Waals surface area contributed by atoms with Gasteiger partial charge >= 0.3 is 0 Å². The van der Waals surface area contributed by atoms with Crippen molar-refractivity contribution in [3.8, 4) is 5.75 Å². The lowest BCUT2D eigenvalue weighted by Crippen LogP contribution is -2.01. The molecule has 0 amide bonds. The monoisotopic (exact) mass is 425 g/mol. The van der Waals surface area contributed by atoms with Crippen molar-refractivity contribution >= 4 is 45.4 Å². The summed E-state index contributed by atoms with van der Waals surface area (Å²) in [6, 6.07) is 16.4. The Morgan fingerprint density at radius 2 is 2.00 bits per heavy atom. The van der Waals surface area contributed by atoms with Crippen LogP contribution in [-0.2, 0) is 12.4 Å². The van der Waals surface area contributed by atoms with Crippen molar-refractivity contribution in [2.24, 2.45) is 0 Å². The number of benzene rings is 1. The van der Waals surface area contributed by atoms with E-state index < -0.39 is 0 Å². The van der Waals surface area contributed by atoms with Crippen molar-refractivity contribution in [3.63, 3.8) is 0 Å². The molecule has 7 heteroatoms. The molecular formula is C21H19N3OS3. The number of nitrogens with one attached hydrogen (secondary N) is 1. The molecule has 0 fully saturated rings. The van der Waals surface area contributed by atoms with Gasteiger partial charge in [0.15, 0.2) is 16.7 Å². The molecule has 0 bridgehead atoms. The van der Waals surface area contributed by atoms with E-state index in [0.717, 1.165) is 32.8 Å². The molecule has 0 aliphatic carbocycles. The minimum Gasteiger partial charge on any atom is -0.485 e. The molecule has 142 valence electrons. The van der Waals surface area contributed by atoms with E-state index in [1.165, 1.54) is 4.88 Å². The number of thioether (sulfide) groups is 1. The maximum absolute atomic E-state index is 6.12. The lowest BCUT2D eigenvalue weighted by molar-refractivity contribution is 0.306. The summed E-state index contributed by atoms with van der Waals surface area (Å²) >= 11 is 5.09. The van der Waals surface area contributed by atoms with E-state index in [1.54, 1.807) is 34.4 Å². The highest BCUT2D eigenvalue weighted by Crippen LogP contribution is 2.33. The Morgan fingerprint density at radius 1 is 1.11 bits per heavy atom. The maximum atomic E-state index is 6.12. The summed E-state index contributed by atoms with van der Waals surface area (Å²) in [6.07, 6.45) is 1.89. The molecule has 28 heavy (non-hydrogen) atoms. The molecule has 0 aliphatic rings. The smallest absolute Gasteiger partial charge is 0.188 e. The summed E-state index contributed by atoms with van der Waals surface area (Å²) in [4.78, 5) is 11.5. The van der Waals surface area contributed by atoms with Crippen LogP contribution in [0.25, 0.3) is 0 Å². The minimum atomic E-state index is 0.493. The van der Waals surface area contributed by atoms with Crippen molar-refractivity contribution in [2.75, 3.05) is 5.32 Å². The van der Waals surface area contributed by atoms with Crippen LogP contribution in [0.4, 0.5) is 10.9 Å². The van der Waals surface area contributed by atoms with Crippen molar-refractivity contribution in [2.45, 2.75) is 24.2 Å². The standard InChI is InChI=1S/C21H19N3OS3/c1-15-13-28-21(23-15)24-20-19(25-12-16-6-3-2-4-7-16)10-18(11-22-20)27-14-17-8-5-9-26-17/h2-11,13H,12,14H2,1H3,(H,22,23,24). The summed E-state index contributed by atoms with van der Waals surface area (Å²) in [5.41, 5.74) is 2.11. The summed E-state index contributed by atoms with van der Waals surface area (Å²) in [7, 11) is 0. The Bertz CT molecular complexity index is 1020. The topological polar surface area (TPSA) is 47.0 Å². The number of aromatic nitrogens is 2. The number of ether oxygens (including phenoxy) is 1. The van der Waals surface area contributed by atoms with E-state index in [0.29, 0.717) is 12.4 Å². The first-order valence-electron chi connectivity index (χ1n) is 8.77. The van der Waals surface area contributed by atoms with Gasteiger partial charge in [0, 0.05) is 27.1 Å². The summed E-state index contributed by atoms with van der Waals surface area (Å²) < 4.78 is 6.12. The van der Waals surface area contributed by atoms with Gasteiger partial charge in [0.2, 0.25) is 0 Å². The fraction of sp³-hybridized carbons (Fsp3) is 0.143. The number of thiazole rings is 1.